The maximum absolute atomic E-state index is 11.2. The van der Waals surface area contributed by atoms with E-state index in [1.165, 1.54) is 14.2 Å². The van der Waals surface area contributed by atoms with Gasteiger partial charge in [0.05, 0.1) is 26.0 Å². The average Bonchev–Trinajstić information content (AvgIpc) is 2.72. The quantitative estimate of drug-likeness (QED) is 0.764. The van der Waals surface area contributed by atoms with Gasteiger partial charge in [-0.1, -0.05) is 6.07 Å². The van der Waals surface area contributed by atoms with E-state index < -0.39 is 27.4 Å². The van der Waals surface area contributed by atoms with Crippen molar-refractivity contribution in [2.45, 2.75) is 0 Å². The third-order valence-electron chi connectivity index (χ3n) is 2.78. The van der Waals surface area contributed by atoms with Crippen LogP contribution in [0, 0.1) is 0 Å². The van der Waals surface area contributed by atoms with Crippen LogP contribution in [0.4, 0.5) is 5.88 Å². The Kier molecular flexibility index (Phi) is 4.09. The van der Waals surface area contributed by atoms with Crippen LogP contribution in [0.5, 0.6) is 23.0 Å². The number of hydrogen-bond acceptors (Lipinski definition) is 7. The van der Waals surface area contributed by atoms with Crippen LogP contribution in [0.1, 0.15) is 0 Å². The van der Waals surface area contributed by atoms with E-state index in [9.17, 15) is 18.6 Å². The van der Waals surface area contributed by atoms with Crippen molar-refractivity contribution >= 4 is 15.9 Å². The number of nitrogens with one attached hydrogen (secondary N) is 1. The summed E-state index contributed by atoms with van der Waals surface area (Å²) in [6.07, 6.45) is 0.887. The summed E-state index contributed by atoms with van der Waals surface area (Å²) in [4.78, 5) is 0. The van der Waals surface area contributed by atoms with Crippen molar-refractivity contribution in [2.75, 3.05) is 25.2 Å². The number of anilines is 1. The van der Waals surface area contributed by atoms with Gasteiger partial charge in [0.2, 0.25) is 21.5 Å². The molecule has 9 heteroatoms. The standard InChI is InChI=1S/C13H15NO7S/c1-19-8-6-4-5-7(11(8)20-2)12-9(15)10(16)13(21-12)14-22(3,17)18/h4-6,14-16H,1-3H3. The minimum atomic E-state index is -3.68. The molecule has 8 nitrogen and oxygen atoms in total. The molecule has 1 heterocycles. The zero-order valence-corrected chi connectivity index (χ0v) is 12.9. The molecule has 1 aromatic carbocycles. The molecule has 0 spiro atoms. The van der Waals surface area contributed by atoms with E-state index in [1.54, 1.807) is 18.2 Å². The van der Waals surface area contributed by atoms with E-state index in [1.807, 2.05) is 4.72 Å². The predicted octanol–water partition coefficient (Wildman–Crippen LogP) is 1.75. The Morgan fingerprint density at radius 3 is 2.36 bits per heavy atom. The van der Waals surface area contributed by atoms with Crippen LogP contribution in [-0.2, 0) is 10.0 Å². The first-order valence-corrected chi connectivity index (χ1v) is 7.91. The third-order valence-corrected chi connectivity index (χ3v) is 3.34. The maximum atomic E-state index is 11.2. The normalized spacial score (nSPS) is 11.2. The van der Waals surface area contributed by atoms with Crippen molar-refractivity contribution < 1.29 is 32.5 Å². The fourth-order valence-electron chi connectivity index (χ4n) is 1.90. The predicted molar refractivity (Wildman–Crippen MR) is 79.0 cm³/mol. The van der Waals surface area contributed by atoms with Gasteiger partial charge >= 0.3 is 0 Å². The first-order chi connectivity index (χ1) is 10.3. The van der Waals surface area contributed by atoms with Gasteiger partial charge in [-0.15, -0.1) is 0 Å². The topological polar surface area (TPSA) is 118 Å². The fraction of sp³-hybridized carbons (Fsp3) is 0.231. The number of hydrogen-bond donors (Lipinski definition) is 3. The van der Waals surface area contributed by atoms with Crippen molar-refractivity contribution in [3.63, 3.8) is 0 Å². The van der Waals surface area contributed by atoms with Crippen LogP contribution in [-0.4, -0.2) is 39.1 Å². The number of furan rings is 1. The summed E-state index contributed by atoms with van der Waals surface area (Å²) >= 11 is 0. The largest absolute Gasteiger partial charge is 0.502 e. The molecule has 0 bridgehead atoms. The molecule has 0 fully saturated rings. The van der Waals surface area contributed by atoms with Gasteiger partial charge in [0, 0.05) is 0 Å². The van der Waals surface area contributed by atoms with E-state index in [0.717, 1.165) is 6.26 Å². The minimum absolute atomic E-state index is 0.153. The lowest BCUT2D eigenvalue weighted by Gasteiger charge is -2.10. The molecule has 2 rings (SSSR count). The molecule has 0 amide bonds. The van der Waals surface area contributed by atoms with Gasteiger partial charge in [0.15, 0.2) is 17.3 Å². The number of para-hydroxylation sites is 1. The molecule has 22 heavy (non-hydrogen) atoms. The molecule has 120 valence electrons. The summed E-state index contributed by atoms with van der Waals surface area (Å²) in [6, 6.07) is 4.82. The molecule has 0 atom stereocenters. The van der Waals surface area contributed by atoms with Gasteiger partial charge in [-0.05, 0) is 12.1 Å². The molecule has 0 aliphatic carbocycles. The summed E-state index contributed by atoms with van der Waals surface area (Å²) in [5, 5.41) is 19.8. The van der Waals surface area contributed by atoms with E-state index in [4.69, 9.17) is 13.9 Å². The molecule has 0 aliphatic rings. The highest BCUT2D eigenvalue weighted by molar-refractivity contribution is 7.92. The third kappa shape index (κ3) is 2.89. The van der Waals surface area contributed by atoms with Crippen LogP contribution < -0.4 is 14.2 Å². The van der Waals surface area contributed by atoms with Crippen LogP contribution in [0.2, 0.25) is 0 Å². The Morgan fingerprint density at radius 1 is 1.14 bits per heavy atom. The summed E-state index contributed by atoms with van der Waals surface area (Å²) in [5.74, 6) is -1.32. The minimum Gasteiger partial charge on any atom is -0.502 e. The first-order valence-electron chi connectivity index (χ1n) is 6.02. The second-order valence-corrected chi connectivity index (χ2v) is 6.12. The molecular weight excluding hydrogens is 314 g/mol. The second-order valence-electron chi connectivity index (χ2n) is 4.37. The van der Waals surface area contributed by atoms with Gasteiger partial charge in [-0.25, -0.2) is 8.42 Å². The molecule has 0 aliphatic heterocycles. The molecule has 1 aromatic heterocycles. The van der Waals surface area contributed by atoms with Gasteiger partial charge in [-0.2, -0.15) is 0 Å². The lowest BCUT2D eigenvalue weighted by molar-refractivity contribution is 0.355. The van der Waals surface area contributed by atoms with Crippen molar-refractivity contribution in [2.24, 2.45) is 0 Å². The molecule has 0 saturated carbocycles. The van der Waals surface area contributed by atoms with Crippen molar-refractivity contribution in [3.8, 4) is 34.3 Å². The molecule has 0 saturated heterocycles. The summed E-state index contributed by atoms with van der Waals surface area (Å²) in [6.45, 7) is 0. The second kappa shape index (κ2) is 5.68. The smallest absolute Gasteiger partial charge is 0.253 e. The van der Waals surface area contributed by atoms with Crippen LogP contribution in [0.3, 0.4) is 0 Å². The van der Waals surface area contributed by atoms with Crippen LogP contribution in [0.15, 0.2) is 22.6 Å². The SMILES string of the molecule is COc1cccc(-c2oc(NS(C)(=O)=O)c(O)c2O)c1OC. The fourth-order valence-corrected chi connectivity index (χ4v) is 2.37. The maximum Gasteiger partial charge on any atom is 0.253 e. The summed E-state index contributed by atoms with van der Waals surface area (Å²) in [7, 11) is -0.843. The van der Waals surface area contributed by atoms with Gasteiger partial charge in [0.1, 0.15) is 0 Å². The number of benzene rings is 1. The monoisotopic (exact) mass is 329 g/mol. The average molecular weight is 329 g/mol. The van der Waals surface area contributed by atoms with E-state index in [2.05, 4.69) is 0 Å². The Balaban J connectivity index is 2.62. The molecular formula is C13H15NO7S. The van der Waals surface area contributed by atoms with Crippen molar-refractivity contribution in [3.05, 3.63) is 18.2 Å². The Labute approximate surface area is 127 Å². The Hall–Kier alpha value is -2.55. The van der Waals surface area contributed by atoms with Gasteiger partial charge < -0.3 is 24.1 Å². The summed E-state index contributed by atoms with van der Waals surface area (Å²) < 4.78 is 40.0. The lowest BCUT2D eigenvalue weighted by Crippen LogP contribution is -2.08. The van der Waals surface area contributed by atoms with Crippen molar-refractivity contribution in [1.29, 1.82) is 0 Å². The highest BCUT2D eigenvalue weighted by Crippen LogP contribution is 2.49. The highest BCUT2D eigenvalue weighted by Gasteiger charge is 2.25. The van der Waals surface area contributed by atoms with Gasteiger partial charge in [-0.3, -0.25) is 4.72 Å². The van der Waals surface area contributed by atoms with E-state index in [-0.39, 0.29) is 17.1 Å². The Morgan fingerprint density at radius 2 is 1.82 bits per heavy atom. The first kappa shape index (κ1) is 15.8. The zero-order chi connectivity index (χ0) is 16.5. The molecule has 2 aromatic rings. The van der Waals surface area contributed by atoms with E-state index >= 15 is 0 Å². The molecule has 0 radical (unpaired) electrons. The van der Waals surface area contributed by atoms with Gasteiger partial charge in [0.25, 0.3) is 5.88 Å². The van der Waals surface area contributed by atoms with Crippen LogP contribution >= 0.6 is 0 Å². The molecule has 0 unspecified atom stereocenters. The highest BCUT2D eigenvalue weighted by atomic mass is 32.2. The number of ether oxygens (including phenoxy) is 2. The van der Waals surface area contributed by atoms with E-state index in [0.29, 0.717) is 5.75 Å². The summed E-state index contributed by atoms with van der Waals surface area (Å²) in [5.41, 5.74) is 0.288. The van der Waals surface area contributed by atoms with Crippen molar-refractivity contribution in [1.82, 2.24) is 0 Å². The number of methoxy groups -OCH3 is 2. The van der Waals surface area contributed by atoms with Crippen LogP contribution in [0.25, 0.3) is 11.3 Å². The number of aromatic hydroxyl groups is 2. The zero-order valence-electron chi connectivity index (χ0n) is 12.1. The Bertz CT molecular complexity index is 795. The lowest BCUT2D eigenvalue weighted by atomic mass is 10.1. The number of sulfonamides is 1. The molecule has 3 N–H and O–H groups in total. The number of rotatable bonds is 5.